The molecule has 184 valence electrons. The number of carbonyl (C=O) groups excluding carboxylic acids is 2. The summed E-state index contributed by atoms with van der Waals surface area (Å²) < 4.78 is 21.0. The summed E-state index contributed by atoms with van der Waals surface area (Å²) >= 11 is 0. The molecule has 8 nitrogen and oxygen atoms in total. The number of para-hydroxylation sites is 1. The first kappa shape index (κ1) is 23.4. The molecule has 1 N–H and O–H groups in total. The number of hydrogen-bond donors (Lipinski definition) is 1. The minimum atomic E-state index is -0.873. The minimum absolute atomic E-state index is 0.0232. The van der Waals surface area contributed by atoms with Crippen LogP contribution in [0.3, 0.4) is 0 Å². The highest BCUT2D eigenvalue weighted by molar-refractivity contribution is 5.89. The Kier molecular flexibility index (Phi) is 7.03. The fraction of sp³-hybridized carbons (Fsp3) is 0.462. The molecule has 5 rings (SSSR count). The second kappa shape index (κ2) is 10.5. The molecular formula is C26H30FN5O3. The third-order valence-corrected chi connectivity index (χ3v) is 6.95. The lowest BCUT2D eigenvalue weighted by Gasteiger charge is -2.36. The molecule has 0 spiro atoms. The zero-order valence-corrected chi connectivity index (χ0v) is 19.6. The molecule has 9 heteroatoms. The van der Waals surface area contributed by atoms with Gasteiger partial charge < -0.3 is 15.0 Å². The van der Waals surface area contributed by atoms with Gasteiger partial charge in [0.15, 0.2) is 0 Å². The van der Waals surface area contributed by atoms with E-state index in [0.29, 0.717) is 24.2 Å². The molecule has 1 saturated carbocycles. The van der Waals surface area contributed by atoms with Gasteiger partial charge in [-0.1, -0.05) is 42.3 Å². The van der Waals surface area contributed by atoms with Crippen molar-refractivity contribution in [3.63, 3.8) is 0 Å². The lowest BCUT2D eigenvalue weighted by molar-refractivity contribution is -0.144. The van der Waals surface area contributed by atoms with E-state index in [-0.39, 0.29) is 36.3 Å². The fourth-order valence-electron chi connectivity index (χ4n) is 5.18. The van der Waals surface area contributed by atoms with E-state index in [2.05, 4.69) is 15.6 Å². The maximum absolute atomic E-state index is 13.8. The summed E-state index contributed by atoms with van der Waals surface area (Å²) in [6.45, 7) is 1.05. The van der Waals surface area contributed by atoms with E-state index < -0.39 is 6.04 Å². The number of hydrogen-bond acceptors (Lipinski definition) is 5. The molecule has 1 aliphatic carbocycles. The van der Waals surface area contributed by atoms with E-state index in [1.165, 1.54) is 12.1 Å². The van der Waals surface area contributed by atoms with Crippen LogP contribution in [0.15, 0.2) is 48.5 Å². The van der Waals surface area contributed by atoms with Crippen LogP contribution in [0.1, 0.15) is 50.1 Å². The normalized spacial score (nSPS) is 19.2. The topological polar surface area (TPSA) is 89.4 Å². The standard InChI is InChI=1S/C26H30FN5O3/c27-19-13-11-18(12-14-19)25(26(34)28-16-21-8-5-15-35-21)32(20-6-1-2-7-20)24(33)17-31-23-10-4-3-9-22(23)29-30-31/h3-4,9-14,20-21,25H,1-2,5-8,15-17H2,(H,28,34)/t21-,25-/m0/s1. The van der Waals surface area contributed by atoms with Crippen molar-refractivity contribution in [2.75, 3.05) is 13.2 Å². The highest BCUT2D eigenvalue weighted by atomic mass is 19.1. The van der Waals surface area contributed by atoms with Gasteiger partial charge in [-0.3, -0.25) is 9.59 Å². The Balaban J connectivity index is 1.46. The van der Waals surface area contributed by atoms with Crippen molar-refractivity contribution < 1.29 is 18.7 Å². The number of halogens is 1. The lowest BCUT2D eigenvalue weighted by Crippen LogP contribution is -2.50. The van der Waals surface area contributed by atoms with E-state index in [1.807, 2.05) is 24.3 Å². The molecule has 2 heterocycles. The Bertz CT molecular complexity index is 1170. The van der Waals surface area contributed by atoms with Gasteiger partial charge in [0, 0.05) is 19.2 Å². The quantitative estimate of drug-likeness (QED) is 0.535. The molecule has 2 atom stereocenters. The Labute approximate surface area is 203 Å². The van der Waals surface area contributed by atoms with Crippen LogP contribution in [0.5, 0.6) is 0 Å². The van der Waals surface area contributed by atoms with Gasteiger partial charge in [0.2, 0.25) is 11.8 Å². The van der Waals surface area contributed by atoms with Crippen LogP contribution in [0, 0.1) is 5.82 Å². The number of benzene rings is 2. The van der Waals surface area contributed by atoms with Gasteiger partial charge in [0.1, 0.15) is 23.9 Å². The van der Waals surface area contributed by atoms with Crippen LogP contribution < -0.4 is 5.32 Å². The van der Waals surface area contributed by atoms with Crippen LogP contribution in [0.2, 0.25) is 0 Å². The fourth-order valence-corrected chi connectivity index (χ4v) is 5.18. The van der Waals surface area contributed by atoms with Crippen molar-refractivity contribution in [3.8, 4) is 0 Å². The van der Waals surface area contributed by atoms with Crippen molar-refractivity contribution in [1.82, 2.24) is 25.2 Å². The zero-order valence-electron chi connectivity index (χ0n) is 19.6. The van der Waals surface area contributed by atoms with Crippen molar-refractivity contribution in [3.05, 3.63) is 59.9 Å². The first-order valence-corrected chi connectivity index (χ1v) is 12.3. The Hall–Kier alpha value is -3.33. The zero-order chi connectivity index (χ0) is 24.2. The van der Waals surface area contributed by atoms with Gasteiger partial charge in [0.25, 0.3) is 0 Å². The summed E-state index contributed by atoms with van der Waals surface area (Å²) in [6, 6.07) is 12.3. The molecule has 1 aromatic heterocycles. The summed E-state index contributed by atoms with van der Waals surface area (Å²) in [5.74, 6) is -0.884. The van der Waals surface area contributed by atoms with Gasteiger partial charge in [0.05, 0.1) is 11.6 Å². The van der Waals surface area contributed by atoms with Gasteiger partial charge in [-0.25, -0.2) is 9.07 Å². The molecule has 1 saturated heterocycles. The summed E-state index contributed by atoms with van der Waals surface area (Å²) in [4.78, 5) is 29.2. The third kappa shape index (κ3) is 5.19. The number of ether oxygens (including phenoxy) is 1. The molecule has 0 bridgehead atoms. The minimum Gasteiger partial charge on any atom is -0.376 e. The predicted molar refractivity (Wildman–Crippen MR) is 128 cm³/mol. The average Bonchev–Trinajstić information content (AvgIpc) is 3.65. The van der Waals surface area contributed by atoms with Crippen molar-refractivity contribution >= 4 is 22.8 Å². The molecule has 35 heavy (non-hydrogen) atoms. The van der Waals surface area contributed by atoms with E-state index in [0.717, 1.165) is 44.0 Å². The number of aromatic nitrogens is 3. The largest absolute Gasteiger partial charge is 0.376 e. The maximum atomic E-state index is 13.8. The summed E-state index contributed by atoms with van der Waals surface area (Å²) in [6.07, 6.45) is 5.47. The van der Waals surface area contributed by atoms with E-state index >= 15 is 0 Å². The summed E-state index contributed by atoms with van der Waals surface area (Å²) in [7, 11) is 0. The van der Waals surface area contributed by atoms with Crippen LogP contribution in [0.4, 0.5) is 4.39 Å². The smallest absolute Gasteiger partial charge is 0.247 e. The Morgan fingerprint density at radius 1 is 1.09 bits per heavy atom. The molecule has 2 amide bonds. The number of amides is 2. The van der Waals surface area contributed by atoms with Crippen LogP contribution in [0.25, 0.3) is 11.0 Å². The van der Waals surface area contributed by atoms with Crippen LogP contribution in [-0.4, -0.2) is 57.0 Å². The van der Waals surface area contributed by atoms with Crippen molar-refractivity contribution in [2.24, 2.45) is 0 Å². The van der Waals surface area contributed by atoms with Gasteiger partial charge in [-0.05, 0) is 55.5 Å². The molecule has 0 unspecified atom stereocenters. The number of fused-ring (bicyclic) bond motifs is 1. The number of nitrogens with one attached hydrogen (secondary N) is 1. The molecule has 2 fully saturated rings. The Morgan fingerprint density at radius 2 is 1.86 bits per heavy atom. The molecule has 0 radical (unpaired) electrons. The van der Waals surface area contributed by atoms with Crippen molar-refractivity contribution in [1.29, 1.82) is 0 Å². The number of rotatable bonds is 8. The summed E-state index contributed by atoms with van der Waals surface area (Å²) in [5, 5.41) is 11.3. The molecule has 2 aromatic carbocycles. The number of nitrogens with zero attached hydrogens (tertiary/aromatic N) is 4. The SMILES string of the molecule is O=C(NC[C@@H]1CCCO1)[C@H](c1ccc(F)cc1)N(C(=O)Cn1nnc2ccccc21)C1CCCC1. The lowest BCUT2D eigenvalue weighted by atomic mass is 10.0. The monoisotopic (exact) mass is 479 g/mol. The van der Waals surface area contributed by atoms with Gasteiger partial charge >= 0.3 is 0 Å². The predicted octanol–water partition coefficient (Wildman–Crippen LogP) is 3.38. The molecule has 1 aliphatic heterocycles. The molecular weight excluding hydrogens is 449 g/mol. The van der Waals surface area contributed by atoms with Gasteiger partial charge in [-0.15, -0.1) is 5.10 Å². The third-order valence-electron chi connectivity index (χ3n) is 6.95. The summed E-state index contributed by atoms with van der Waals surface area (Å²) in [5.41, 5.74) is 2.05. The molecule has 2 aliphatic rings. The maximum Gasteiger partial charge on any atom is 0.247 e. The van der Waals surface area contributed by atoms with E-state index in [1.54, 1.807) is 21.7 Å². The van der Waals surface area contributed by atoms with Gasteiger partial charge in [-0.2, -0.15) is 0 Å². The highest BCUT2D eigenvalue weighted by Gasteiger charge is 2.38. The van der Waals surface area contributed by atoms with E-state index in [9.17, 15) is 14.0 Å². The molecule has 3 aromatic rings. The second-order valence-corrected chi connectivity index (χ2v) is 9.31. The highest BCUT2D eigenvalue weighted by Crippen LogP contribution is 2.32. The average molecular weight is 480 g/mol. The van der Waals surface area contributed by atoms with Crippen molar-refractivity contribution in [2.45, 2.75) is 63.3 Å². The second-order valence-electron chi connectivity index (χ2n) is 9.31. The first-order chi connectivity index (χ1) is 17.1. The number of carbonyl (C=O) groups is 2. The first-order valence-electron chi connectivity index (χ1n) is 12.3. The Morgan fingerprint density at radius 3 is 2.60 bits per heavy atom. The van der Waals surface area contributed by atoms with Crippen LogP contribution >= 0.6 is 0 Å². The van der Waals surface area contributed by atoms with Crippen LogP contribution in [-0.2, 0) is 20.9 Å². The van der Waals surface area contributed by atoms with E-state index in [4.69, 9.17) is 4.74 Å².